The van der Waals surface area contributed by atoms with Crippen LogP contribution in [0.5, 0.6) is 0 Å². The van der Waals surface area contributed by atoms with Crippen molar-refractivity contribution in [1.29, 1.82) is 0 Å². The molecule has 0 spiro atoms. The van der Waals surface area contributed by atoms with E-state index in [0.717, 1.165) is 0 Å². The number of fused-ring (bicyclic) bond motifs is 1. The Balaban J connectivity index is 2.39. The molecule has 15 heavy (non-hydrogen) atoms. The first-order chi connectivity index (χ1) is 7.11. The Morgan fingerprint density at radius 1 is 0.867 bits per heavy atom. The van der Waals surface area contributed by atoms with Gasteiger partial charge >= 0.3 is 12.3 Å². The third kappa shape index (κ3) is 1.96. The van der Waals surface area contributed by atoms with Crippen LogP contribution in [0.3, 0.4) is 0 Å². The molecule has 1 heterocycles. The van der Waals surface area contributed by atoms with E-state index in [2.05, 4.69) is 62.1 Å². The molecule has 2 nitrogen and oxygen atoms in total. The van der Waals surface area contributed by atoms with E-state index in [9.17, 15) is 0 Å². The first-order valence-corrected chi connectivity index (χ1v) is 6.12. The van der Waals surface area contributed by atoms with Crippen LogP contribution in [0.15, 0.2) is 24.3 Å². The summed E-state index contributed by atoms with van der Waals surface area (Å²) in [7, 11) is 8.58. The van der Waals surface area contributed by atoms with Gasteiger partial charge in [0.05, 0.1) is 0 Å². The fourth-order valence-electron chi connectivity index (χ4n) is 2.03. The number of hydrogen-bond donors (Lipinski definition) is 0. The van der Waals surface area contributed by atoms with Crippen LogP contribution in [0.1, 0.15) is 0 Å². The van der Waals surface area contributed by atoms with Crippen LogP contribution in [-0.4, -0.2) is 50.1 Å². The van der Waals surface area contributed by atoms with Gasteiger partial charge in [-0.3, -0.25) is 0 Å². The normalized spacial score (nSPS) is 15.3. The van der Waals surface area contributed by atoms with Gasteiger partial charge in [0.25, 0.3) is 0 Å². The van der Waals surface area contributed by atoms with E-state index in [1.54, 1.807) is 0 Å². The minimum atomic E-state index is 0.494. The molecule has 0 fully saturated rings. The zero-order valence-corrected chi connectivity index (χ0v) is 10.6. The molecule has 1 aliphatic heterocycles. The Labute approximate surface area is 97.0 Å². The summed E-state index contributed by atoms with van der Waals surface area (Å²) in [5.41, 5.74) is 2.93. The lowest BCUT2D eigenvalue weighted by molar-refractivity contribution is 0.663. The Hall–Kier alpha value is -0.380. The van der Waals surface area contributed by atoms with Crippen LogP contribution in [0.2, 0.25) is 0 Å². The average molecular weight is 218 g/mol. The summed E-state index contributed by atoms with van der Waals surface area (Å²) in [4.78, 5) is 4.57. The highest BCUT2D eigenvalue weighted by molar-refractivity contribution is 8.47. The summed E-state index contributed by atoms with van der Waals surface area (Å²) in [6.45, 7) is 0. The molecule has 0 unspecified atom stereocenters. The quantitative estimate of drug-likeness (QED) is 0.642. The van der Waals surface area contributed by atoms with Gasteiger partial charge in [-0.2, -0.15) is 0 Å². The molecule has 0 amide bonds. The van der Waals surface area contributed by atoms with Crippen molar-refractivity contribution in [2.24, 2.45) is 0 Å². The van der Waals surface area contributed by atoms with Crippen molar-refractivity contribution >= 4 is 34.6 Å². The Kier molecular flexibility index (Phi) is 3.14. The first kappa shape index (κ1) is 11.1. The Bertz CT molecular complexity index is 324. The summed E-state index contributed by atoms with van der Waals surface area (Å²) in [5.74, 6) is 0. The van der Waals surface area contributed by atoms with Gasteiger partial charge in [0.2, 0.25) is 0 Å². The largest absolute Gasteiger partial charge is 0.335 e. The predicted octanol–water partition coefficient (Wildman–Crippen LogP) is -0.0530. The zero-order chi connectivity index (χ0) is 11.0. The summed E-state index contributed by atoms with van der Waals surface area (Å²) in [6.07, 6.45) is 0.988. The molecule has 0 bridgehead atoms. The van der Waals surface area contributed by atoms with Crippen molar-refractivity contribution in [3.05, 3.63) is 24.3 Å². The van der Waals surface area contributed by atoms with Crippen molar-refractivity contribution in [3.8, 4) is 0 Å². The maximum absolute atomic E-state index is 2.28. The minimum absolute atomic E-state index is 0.494. The van der Waals surface area contributed by atoms with E-state index in [0.29, 0.717) is 12.3 Å². The number of rotatable bonds is 2. The van der Waals surface area contributed by atoms with Gasteiger partial charge in [-0.15, -0.1) is 0 Å². The Morgan fingerprint density at radius 3 is 1.60 bits per heavy atom. The maximum Gasteiger partial charge on any atom is 0.316 e. The monoisotopic (exact) mass is 218 g/mol. The van der Waals surface area contributed by atoms with Crippen LogP contribution in [0.4, 0.5) is 0 Å². The van der Waals surface area contributed by atoms with Crippen molar-refractivity contribution in [2.45, 2.75) is 0 Å². The number of nitrogens with zero attached hydrogens (tertiary/aromatic N) is 2. The van der Waals surface area contributed by atoms with Gasteiger partial charge in [-0.05, 0) is 28.2 Å². The van der Waals surface area contributed by atoms with Gasteiger partial charge in [0.1, 0.15) is 0 Å². The molecule has 1 aliphatic rings. The number of benzene rings is 1. The fraction of sp³-hybridized carbons (Fsp3) is 0.400. The number of hydrogen-bond acceptors (Lipinski definition) is 3. The summed E-state index contributed by atoms with van der Waals surface area (Å²) >= 11 is 2.01. The molecule has 0 N–H and O–H groups in total. The topological polar surface area (TPSA) is 6.48 Å². The molecule has 5 heteroatoms. The SMILES string of the molecule is CN(C)B1SB(N(C)C)c2ccccc21. The summed E-state index contributed by atoms with van der Waals surface area (Å²) < 4.78 is 0. The highest BCUT2D eigenvalue weighted by atomic mass is 32.2. The average Bonchev–Trinajstić information content (AvgIpc) is 2.56. The highest BCUT2D eigenvalue weighted by Crippen LogP contribution is 2.20. The molecule has 0 aliphatic carbocycles. The van der Waals surface area contributed by atoms with Gasteiger partial charge < -0.3 is 9.62 Å². The molecule has 2 rings (SSSR count). The van der Waals surface area contributed by atoms with Gasteiger partial charge in [0.15, 0.2) is 0 Å². The van der Waals surface area contributed by atoms with E-state index < -0.39 is 0 Å². The van der Waals surface area contributed by atoms with Gasteiger partial charge in [-0.25, -0.2) is 11.5 Å². The maximum atomic E-state index is 2.28. The van der Waals surface area contributed by atoms with E-state index in [1.807, 2.05) is 11.5 Å². The molecule has 0 radical (unpaired) electrons. The van der Waals surface area contributed by atoms with Crippen LogP contribution >= 0.6 is 11.5 Å². The molecule has 0 saturated heterocycles. The predicted molar refractivity (Wildman–Crippen MR) is 72.2 cm³/mol. The van der Waals surface area contributed by atoms with Crippen molar-refractivity contribution in [3.63, 3.8) is 0 Å². The molecule has 0 aromatic heterocycles. The molecule has 1 aromatic carbocycles. The summed E-state index contributed by atoms with van der Waals surface area (Å²) in [6, 6.07) is 8.76. The van der Waals surface area contributed by atoms with Crippen LogP contribution in [0, 0.1) is 0 Å². The smallest absolute Gasteiger partial charge is 0.316 e. The summed E-state index contributed by atoms with van der Waals surface area (Å²) in [5, 5.41) is 0. The molecular weight excluding hydrogens is 202 g/mol. The third-order valence-corrected chi connectivity index (χ3v) is 4.59. The highest BCUT2D eigenvalue weighted by Gasteiger charge is 2.39. The molecule has 78 valence electrons. The van der Waals surface area contributed by atoms with Crippen molar-refractivity contribution < 1.29 is 0 Å². The van der Waals surface area contributed by atoms with E-state index in [-0.39, 0.29) is 0 Å². The molecule has 1 aromatic rings. The van der Waals surface area contributed by atoms with Crippen LogP contribution in [-0.2, 0) is 0 Å². The van der Waals surface area contributed by atoms with E-state index in [4.69, 9.17) is 0 Å². The Morgan fingerprint density at radius 2 is 1.27 bits per heavy atom. The van der Waals surface area contributed by atoms with Gasteiger partial charge in [-0.1, -0.05) is 35.2 Å². The van der Waals surface area contributed by atoms with Crippen molar-refractivity contribution in [1.82, 2.24) is 9.62 Å². The van der Waals surface area contributed by atoms with Crippen LogP contribution < -0.4 is 10.9 Å². The lowest BCUT2D eigenvalue weighted by atomic mass is 9.67. The molecule has 0 saturated carbocycles. The molecule has 0 atom stereocenters. The first-order valence-electron chi connectivity index (χ1n) is 5.18. The fourth-order valence-corrected chi connectivity index (χ4v) is 3.48. The lowest BCUT2D eigenvalue weighted by Gasteiger charge is -2.18. The van der Waals surface area contributed by atoms with Crippen LogP contribution in [0.25, 0.3) is 0 Å². The second-order valence-corrected chi connectivity index (χ2v) is 5.56. The lowest BCUT2D eigenvalue weighted by Crippen LogP contribution is -2.45. The van der Waals surface area contributed by atoms with Crippen molar-refractivity contribution in [2.75, 3.05) is 28.2 Å². The standard InChI is InChI=1S/C10H16B2N2S/c1-13(2)11-9-7-5-6-8-10(9)12(15-11)14(3)4/h5-8H,1-4H3. The zero-order valence-electron chi connectivity index (χ0n) is 9.77. The van der Waals surface area contributed by atoms with Gasteiger partial charge in [0, 0.05) is 0 Å². The second kappa shape index (κ2) is 4.24. The molecular formula is C10H16B2N2S. The van der Waals surface area contributed by atoms with E-state index >= 15 is 0 Å². The van der Waals surface area contributed by atoms with E-state index in [1.165, 1.54) is 10.9 Å². The minimum Gasteiger partial charge on any atom is -0.335 e. The third-order valence-electron chi connectivity index (χ3n) is 2.72. The second-order valence-electron chi connectivity index (χ2n) is 4.40.